The molecule has 4 nitrogen and oxygen atoms in total. The van der Waals surface area contributed by atoms with Gasteiger partial charge < -0.3 is 15.4 Å². The van der Waals surface area contributed by atoms with Crippen LogP contribution in [0.3, 0.4) is 0 Å². The van der Waals surface area contributed by atoms with Crippen molar-refractivity contribution in [3.05, 3.63) is 65.5 Å². The fraction of sp³-hybridized carbons (Fsp3) is 0.278. The number of nitrogens with one attached hydrogen (secondary N) is 2. The predicted octanol–water partition coefficient (Wildman–Crippen LogP) is 3.16. The molecular weight excluding hydrogens is 331 g/mol. The lowest BCUT2D eigenvalue weighted by Crippen LogP contribution is -2.37. The molecule has 0 spiro atoms. The second kappa shape index (κ2) is 9.90. The Labute approximate surface area is 147 Å². The normalized spacial score (nSPS) is 11.3. The van der Waals surface area contributed by atoms with Gasteiger partial charge in [-0.15, -0.1) is 12.4 Å². The third-order valence-corrected chi connectivity index (χ3v) is 3.50. The van der Waals surface area contributed by atoms with Gasteiger partial charge >= 0.3 is 0 Å². The first-order chi connectivity index (χ1) is 11.1. The van der Waals surface area contributed by atoms with Gasteiger partial charge in [-0.1, -0.05) is 24.3 Å². The lowest BCUT2D eigenvalue weighted by molar-refractivity contribution is 0.0946. The van der Waals surface area contributed by atoms with Crippen LogP contribution in [-0.2, 0) is 6.61 Å². The molecule has 0 bridgehead atoms. The Morgan fingerprint density at radius 1 is 1.17 bits per heavy atom. The van der Waals surface area contributed by atoms with Crippen LogP contribution in [-0.4, -0.2) is 25.5 Å². The molecule has 0 aromatic heterocycles. The quantitative estimate of drug-likeness (QED) is 0.804. The van der Waals surface area contributed by atoms with Crippen molar-refractivity contribution in [1.82, 2.24) is 10.6 Å². The zero-order chi connectivity index (χ0) is 16.7. The number of ether oxygens (including phenoxy) is 1. The van der Waals surface area contributed by atoms with Crippen LogP contribution in [0.15, 0.2) is 48.5 Å². The van der Waals surface area contributed by atoms with Gasteiger partial charge in [0.15, 0.2) is 0 Å². The number of amides is 1. The maximum Gasteiger partial charge on any atom is 0.255 e. The highest BCUT2D eigenvalue weighted by molar-refractivity contribution is 5.96. The van der Waals surface area contributed by atoms with Crippen molar-refractivity contribution in [2.45, 2.75) is 19.6 Å². The van der Waals surface area contributed by atoms with Gasteiger partial charge in [-0.2, -0.15) is 0 Å². The molecule has 0 aliphatic rings. The Bertz CT molecular complexity index is 650. The van der Waals surface area contributed by atoms with Gasteiger partial charge in [0.2, 0.25) is 0 Å². The topological polar surface area (TPSA) is 50.4 Å². The molecular formula is C18H22ClFN2O2. The van der Waals surface area contributed by atoms with Crippen LogP contribution >= 0.6 is 12.4 Å². The molecule has 0 aliphatic carbocycles. The number of para-hydroxylation sites is 1. The summed E-state index contributed by atoms with van der Waals surface area (Å²) < 4.78 is 18.6. The van der Waals surface area contributed by atoms with Crippen LogP contribution < -0.4 is 15.4 Å². The maximum atomic E-state index is 12.9. The van der Waals surface area contributed by atoms with Crippen molar-refractivity contribution in [2.24, 2.45) is 0 Å². The lowest BCUT2D eigenvalue weighted by atomic mass is 10.1. The van der Waals surface area contributed by atoms with Gasteiger partial charge in [0.05, 0.1) is 5.56 Å². The van der Waals surface area contributed by atoms with E-state index in [1.807, 2.05) is 20.0 Å². The highest BCUT2D eigenvalue weighted by Gasteiger charge is 2.12. The first-order valence-electron chi connectivity index (χ1n) is 7.52. The summed E-state index contributed by atoms with van der Waals surface area (Å²) in [5.74, 6) is 0.0421. The summed E-state index contributed by atoms with van der Waals surface area (Å²) in [4.78, 5) is 12.3. The van der Waals surface area contributed by atoms with Crippen molar-refractivity contribution in [3.63, 3.8) is 0 Å². The number of hydrogen-bond donors (Lipinski definition) is 2. The van der Waals surface area contributed by atoms with Crippen LogP contribution in [0.25, 0.3) is 0 Å². The molecule has 0 fully saturated rings. The molecule has 2 N–H and O–H groups in total. The fourth-order valence-electron chi connectivity index (χ4n) is 1.96. The summed E-state index contributed by atoms with van der Waals surface area (Å²) in [5, 5.41) is 5.93. The van der Waals surface area contributed by atoms with E-state index < -0.39 is 0 Å². The molecule has 1 amide bonds. The zero-order valence-electron chi connectivity index (χ0n) is 13.7. The minimum atomic E-state index is -0.285. The number of halogens is 2. The molecule has 2 rings (SSSR count). The molecule has 0 saturated carbocycles. The van der Waals surface area contributed by atoms with E-state index in [-0.39, 0.29) is 36.8 Å². The van der Waals surface area contributed by atoms with Gasteiger partial charge in [0.25, 0.3) is 5.91 Å². The van der Waals surface area contributed by atoms with Crippen molar-refractivity contribution in [2.75, 3.05) is 13.6 Å². The minimum absolute atomic E-state index is 0. The molecule has 2 aromatic rings. The van der Waals surface area contributed by atoms with E-state index in [0.29, 0.717) is 17.9 Å². The molecule has 6 heteroatoms. The minimum Gasteiger partial charge on any atom is -0.488 e. The zero-order valence-corrected chi connectivity index (χ0v) is 14.5. The third kappa shape index (κ3) is 5.83. The maximum absolute atomic E-state index is 12.9. The Morgan fingerprint density at radius 3 is 2.50 bits per heavy atom. The first-order valence-corrected chi connectivity index (χ1v) is 7.52. The summed E-state index contributed by atoms with van der Waals surface area (Å²) in [5.41, 5.74) is 1.32. The van der Waals surface area contributed by atoms with Crippen LogP contribution in [0.1, 0.15) is 22.8 Å². The third-order valence-electron chi connectivity index (χ3n) is 3.50. The molecule has 0 saturated heterocycles. The Balaban J connectivity index is 0.00000288. The van der Waals surface area contributed by atoms with E-state index >= 15 is 0 Å². The van der Waals surface area contributed by atoms with Gasteiger partial charge in [-0.05, 0) is 43.8 Å². The summed E-state index contributed by atoms with van der Waals surface area (Å²) in [7, 11) is 1.84. The molecule has 0 heterocycles. The van der Waals surface area contributed by atoms with Crippen LogP contribution in [0.2, 0.25) is 0 Å². The monoisotopic (exact) mass is 352 g/mol. The van der Waals surface area contributed by atoms with Gasteiger partial charge in [-0.25, -0.2) is 4.39 Å². The average Bonchev–Trinajstić information content (AvgIpc) is 2.59. The van der Waals surface area contributed by atoms with E-state index in [1.54, 1.807) is 30.3 Å². The summed E-state index contributed by atoms with van der Waals surface area (Å²) in [6, 6.07) is 13.4. The molecule has 0 radical (unpaired) electrons. The molecule has 0 aliphatic heterocycles. The number of hydrogen-bond acceptors (Lipinski definition) is 3. The van der Waals surface area contributed by atoms with Gasteiger partial charge in [0.1, 0.15) is 18.2 Å². The van der Waals surface area contributed by atoms with Crippen LogP contribution in [0, 0.1) is 5.82 Å². The highest BCUT2D eigenvalue weighted by atomic mass is 35.5. The number of carbonyl (C=O) groups excluding carboxylic acids is 1. The van der Waals surface area contributed by atoms with Crippen LogP contribution in [0.4, 0.5) is 4.39 Å². The lowest BCUT2D eigenvalue weighted by Gasteiger charge is -2.14. The van der Waals surface area contributed by atoms with E-state index in [9.17, 15) is 9.18 Å². The number of rotatable bonds is 7. The van der Waals surface area contributed by atoms with E-state index in [4.69, 9.17) is 4.74 Å². The van der Waals surface area contributed by atoms with Crippen molar-refractivity contribution < 1.29 is 13.9 Å². The average molecular weight is 353 g/mol. The summed E-state index contributed by atoms with van der Waals surface area (Å²) >= 11 is 0. The molecule has 2 aromatic carbocycles. The van der Waals surface area contributed by atoms with Crippen LogP contribution in [0.5, 0.6) is 5.75 Å². The molecule has 1 unspecified atom stereocenters. The van der Waals surface area contributed by atoms with E-state index in [2.05, 4.69) is 10.6 Å². The first kappa shape index (κ1) is 19.9. The Hall–Kier alpha value is -2.11. The van der Waals surface area contributed by atoms with Crippen molar-refractivity contribution in [1.29, 1.82) is 0 Å². The number of likely N-dealkylation sites (N-methyl/N-ethyl adjacent to an activating group) is 1. The predicted molar refractivity (Wildman–Crippen MR) is 95.3 cm³/mol. The SMILES string of the molecule is CNC(C)CNC(=O)c1ccccc1OCc1ccc(F)cc1.Cl. The smallest absolute Gasteiger partial charge is 0.255 e. The second-order valence-electron chi connectivity index (χ2n) is 5.31. The standard InChI is InChI=1S/C18H21FN2O2.ClH/c1-13(20-2)11-21-18(22)16-5-3-4-6-17(16)23-12-14-7-9-15(19)10-8-14;/h3-10,13,20H,11-12H2,1-2H3,(H,21,22);1H. The Morgan fingerprint density at radius 2 is 1.83 bits per heavy atom. The molecule has 130 valence electrons. The number of benzene rings is 2. The van der Waals surface area contributed by atoms with Gasteiger partial charge in [0, 0.05) is 12.6 Å². The molecule has 1 atom stereocenters. The van der Waals surface area contributed by atoms with E-state index in [0.717, 1.165) is 5.56 Å². The largest absolute Gasteiger partial charge is 0.488 e. The summed E-state index contributed by atoms with van der Waals surface area (Å²) in [6.07, 6.45) is 0. The number of carbonyl (C=O) groups is 1. The van der Waals surface area contributed by atoms with Gasteiger partial charge in [-0.3, -0.25) is 4.79 Å². The van der Waals surface area contributed by atoms with E-state index in [1.165, 1.54) is 12.1 Å². The fourth-order valence-corrected chi connectivity index (χ4v) is 1.96. The van der Waals surface area contributed by atoms with Crippen molar-refractivity contribution in [3.8, 4) is 5.75 Å². The second-order valence-corrected chi connectivity index (χ2v) is 5.31. The Kier molecular flexibility index (Phi) is 8.22. The molecule has 24 heavy (non-hydrogen) atoms. The van der Waals surface area contributed by atoms with Crippen molar-refractivity contribution >= 4 is 18.3 Å². The summed E-state index contributed by atoms with van der Waals surface area (Å²) in [6.45, 7) is 2.79. The highest BCUT2D eigenvalue weighted by Crippen LogP contribution is 2.19.